The summed E-state index contributed by atoms with van der Waals surface area (Å²) in [6.07, 6.45) is -1.16. The second-order valence-corrected chi connectivity index (χ2v) is 5.57. The lowest BCUT2D eigenvalue weighted by Crippen LogP contribution is -2.50. The maximum atomic E-state index is 12.4. The second kappa shape index (κ2) is 6.64. The highest BCUT2D eigenvalue weighted by Gasteiger charge is 2.38. The van der Waals surface area contributed by atoms with Gasteiger partial charge in [-0.25, -0.2) is 5.48 Å². The van der Waals surface area contributed by atoms with Crippen LogP contribution in [-0.2, 0) is 14.4 Å². The van der Waals surface area contributed by atoms with Crippen molar-refractivity contribution in [3.8, 4) is 0 Å². The number of amides is 2. The molecule has 120 valence electrons. The van der Waals surface area contributed by atoms with Crippen LogP contribution in [0.3, 0.4) is 0 Å². The van der Waals surface area contributed by atoms with E-state index in [0.29, 0.717) is 12.8 Å². The SMILES string of the molecule is O=C(NO[C@H]1CCCN(CC(F)(F)F)C1=O)C1CCCC1. The highest BCUT2D eigenvalue weighted by Crippen LogP contribution is 2.25. The summed E-state index contributed by atoms with van der Waals surface area (Å²) in [6, 6.07) is 0. The number of carbonyl (C=O) groups is 2. The van der Waals surface area contributed by atoms with E-state index in [1.165, 1.54) is 0 Å². The van der Waals surface area contributed by atoms with Crippen molar-refractivity contribution in [3.63, 3.8) is 0 Å². The quantitative estimate of drug-likeness (QED) is 0.805. The Morgan fingerprint density at radius 2 is 1.90 bits per heavy atom. The van der Waals surface area contributed by atoms with Crippen LogP contribution in [0.15, 0.2) is 0 Å². The third-order valence-corrected chi connectivity index (χ3v) is 3.88. The van der Waals surface area contributed by atoms with Gasteiger partial charge in [-0.05, 0) is 25.7 Å². The topological polar surface area (TPSA) is 58.6 Å². The van der Waals surface area contributed by atoms with Crippen LogP contribution in [0.1, 0.15) is 38.5 Å². The number of likely N-dealkylation sites (tertiary alicyclic amines) is 1. The summed E-state index contributed by atoms with van der Waals surface area (Å²) in [7, 11) is 0. The van der Waals surface area contributed by atoms with Gasteiger partial charge in [0.25, 0.3) is 5.91 Å². The molecule has 2 fully saturated rings. The minimum absolute atomic E-state index is 0.0643. The molecule has 0 aromatic heterocycles. The summed E-state index contributed by atoms with van der Waals surface area (Å²) in [6.45, 7) is -1.21. The van der Waals surface area contributed by atoms with Gasteiger partial charge in [0.2, 0.25) is 5.91 Å². The van der Waals surface area contributed by atoms with Gasteiger partial charge < -0.3 is 4.90 Å². The molecule has 1 N–H and O–H groups in total. The van der Waals surface area contributed by atoms with E-state index < -0.39 is 24.7 Å². The van der Waals surface area contributed by atoms with Crippen molar-refractivity contribution in [1.82, 2.24) is 10.4 Å². The monoisotopic (exact) mass is 308 g/mol. The predicted molar refractivity (Wildman–Crippen MR) is 66.8 cm³/mol. The minimum Gasteiger partial charge on any atom is -0.331 e. The lowest BCUT2D eigenvalue weighted by Gasteiger charge is -2.32. The van der Waals surface area contributed by atoms with Crippen LogP contribution in [-0.4, -0.2) is 42.1 Å². The lowest BCUT2D eigenvalue weighted by atomic mass is 10.1. The van der Waals surface area contributed by atoms with Gasteiger partial charge in [-0.3, -0.25) is 14.4 Å². The Morgan fingerprint density at radius 3 is 2.52 bits per heavy atom. The third kappa shape index (κ3) is 4.59. The fourth-order valence-corrected chi connectivity index (χ4v) is 2.79. The van der Waals surface area contributed by atoms with Crippen molar-refractivity contribution in [2.75, 3.05) is 13.1 Å². The molecule has 1 aliphatic carbocycles. The summed E-state index contributed by atoms with van der Waals surface area (Å²) in [5.41, 5.74) is 2.24. The van der Waals surface area contributed by atoms with Crippen molar-refractivity contribution in [2.24, 2.45) is 5.92 Å². The van der Waals surface area contributed by atoms with Gasteiger partial charge in [-0.15, -0.1) is 0 Å². The number of rotatable bonds is 4. The molecule has 1 aliphatic heterocycles. The Morgan fingerprint density at radius 1 is 1.24 bits per heavy atom. The molecule has 0 radical (unpaired) electrons. The zero-order chi connectivity index (χ0) is 15.5. The van der Waals surface area contributed by atoms with Crippen molar-refractivity contribution >= 4 is 11.8 Å². The minimum atomic E-state index is -4.43. The summed E-state index contributed by atoms with van der Waals surface area (Å²) in [5, 5.41) is 0. The Bertz CT molecular complexity index is 395. The van der Waals surface area contributed by atoms with Gasteiger partial charge in [0.1, 0.15) is 6.54 Å². The molecular formula is C13H19F3N2O3. The van der Waals surface area contributed by atoms with E-state index in [1.807, 2.05) is 0 Å². The number of nitrogens with one attached hydrogen (secondary N) is 1. The van der Waals surface area contributed by atoms with E-state index in [9.17, 15) is 22.8 Å². The smallest absolute Gasteiger partial charge is 0.331 e. The van der Waals surface area contributed by atoms with Crippen LogP contribution in [0.25, 0.3) is 0 Å². The maximum absolute atomic E-state index is 12.4. The standard InChI is InChI=1S/C13H19F3N2O3/c14-13(15,16)8-18-7-3-6-10(12(18)20)21-17-11(19)9-4-1-2-5-9/h9-10H,1-8H2,(H,17,19)/t10-/m0/s1. The zero-order valence-electron chi connectivity index (χ0n) is 11.6. The molecule has 21 heavy (non-hydrogen) atoms. The molecule has 8 heteroatoms. The van der Waals surface area contributed by atoms with E-state index in [2.05, 4.69) is 5.48 Å². The second-order valence-electron chi connectivity index (χ2n) is 5.57. The van der Waals surface area contributed by atoms with Crippen LogP contribution >= 0.6 is 0 Å². The molecule has 1 atom stereocenters. The molecule has 0 bridgehead atoms. The molecule has 5 nitrogen and oxygen atoms in total. The number of alkyl halides is 3. The first-order valence-electron chi connectivity index (χ1n) is 7.18. The fourth-order valence-electron chi connectivity index (χ4n) is 2.79. The molecule has 0 spiro atoms. The molecular weight excluding hydrogens is 289 g/mol. The van der Waals surface area contributed by atoms with Gasteiger partial charge in [0, 0.05) is 12.5 Å². The Kier molecular flexibility index (Phi) is 5.08. The third-order valence-electron chi connectivity index (χ3n) is 3.88. The van der Waals surface area contributed by atoms with E-state index >= 15 is 0 Å². The largest absolute Gasteiger partial charge is 0.406 e. The van der Waals surface area contributed by atoms with E-state index in [1.54, 1.807) is 0 Å². The number of piperidine rings is 1. The summed E-state index contributed by atoms with van der Waals surface area (Å²) < 4.78 is 37.1. The van der Waals surface area contributed by atoms with E-state index in [4.69, 9.17) is 4.84 Å². The van der Waals surface area contributed by atoms with Crippen molar-refractivity contribution in [3.05, 3.63) is 0 Å². The van der Waals surface area contributed by atoms with Gasteiger partial charge in [-0.1, -0.05) is 12.8 Å². The molecule has 0 aromatic rings. The highest BCUT2D eigenvalue weighted by atomic mass is 19.4. The zero-order valence-corrected chi connectivity index (χ0v) is 11.6. The highest BCUT2D eigenvalue weighted by molar-refractivity contribution is 5.82. The van der Waals surface area contributed by atoms with Gasteiger partial charge in [0.15, 0.2) is 6.10 Å². The lowest BCUT2D eigenvalue weighted by molar-refractivity contribution is -0.178. The normalized spacial score (nSPS) is 24.4. The van der Waals surface area contributed by atoms with Crippen LogP contribution in [0, 0.1) is 5.92 Å². The van der Waals surface area contributed by atoms with Crippen LogP contribution in [0.4, 0.5) is 13.2 Å². The first kappa shape index (κ1) is 16.1. The Balaban J connectivity index is 1.82. The van der Waals surface area contributed by atoms with Crippen LogP contribution in [0.5, 0.6) is 0 Å². The van der Waals surface area contributed by atoms with E-state index in [0.717, 1.165) is 30.6 Å². The first-order valence-corrected chi connectivity index (χ1v) is 7.18. The molecule has 1 heterocycles. The summed E-state index contributed by atoms with van der Waals surface area (Å²) >= 11 is 0. The maximum Gasteiger partial charge on any atom is 0.406 e. The molecule has 1 saturated carbocycles. The number of hydroxylamine groups is 1. The number of carbonyl (C=O) groups excluding carboxylic acids is 2. The molecule has 0 aromatic carbocycles. The van der Waals surface area contributed by atoms with Crippen LogP contribution < -0.4 is 5.48 Å². The fraction of sp³-hybridized carbons (Fsp3) is 0.846. The average molecular weight is 308 g/mol. The van der Waals surface area contributed by atoms with E-state index in [-0.39, 0.29) is 18.4 Å². The molecule has 1 saturated heterocycles. The number of hydrogen-bond donors (Lipinski definition) is 1. The molecule has 2 amide bonds. The van der Waals surface area contributed by atoms with Crippen molar-refractivity contribution in [2.45, 2.75) is 50.8 Å². The predicted octanol–water partition coefficient (Wildman–Crippen LogP) is 1.78. The average Bonchev–Trinajstić information content (AvgIpc) is 2.92. The van der Waals surface area contributed by atoms with Gasteiger partial charge >= 0.3 is 6.18 Å². The van der Waals surface area contributed by atoms with Gasteiger partial charge in [-0.2, -0.15) is 13.2 Å². The molecule has 2 rings (SSSR count). The number of hydrogen-bond acceptors (Lipinski definition) is 3. The number of halogens is 3. The Hall–Kier alpha value is -1.31. The number of nitrogens with zero attached hydrogens (tertiary/aromatic N) is 1. The van der Waals surface area contributed by atoms with Crippen LogP contribution in [0.2, 0.25) is 0 Å². The van der Waals surface area contributed by atoms with Crippen molar-refractivity contribution < 1.29 is 27.6 Å². The summed E-state index contributed by atoms with van der Waals surface area (Å²) in [4.78, 5) is 29.4. The Labute approximate surface area is 120 Å². The first-order chi connectivity index (χ1) is 9.87. The molecule has 2 aliphatic rings. The molecule has 0 unspecified atom stereocenters. The van der Waals surface area contributed by atoms with Crippen molar-refractivity contribution in [1.29, 1.82) is 0 Å². The summed E-state index contributed by atoms with van der Waals surface area (Å²) in [5.74, 6) is -1.12. The van der Waals surface area contributed by atoms with Gasteiger partial charge in [0.05, 0.1) is 0 Å².